The molecule has 0 bridgehead atoms. The molecule has 0 radical (unpaired) electrons. The normalized spacial score (nSPS) is 11.5. The minimum absolute atomic E-state index is 0.128. The van der Waals surface area contributed by atoms with Crippen LogP contribution in [0.1, 0.15) is 19.4 Å². The zero-order valence-electron chi connectivity index (χ0n) is 17.2. The summed E-state index contributed by atoms with van der Waals surface area (Å²) in [6.45, 7) is 3.59. The van der Waals surface area contributed by atoms with E-state index in [1.807, 2.05) is 19.1 Å². The minimum Gasteiger partial charge on any atom is -0.489 e. The van der Waals surface area contributed by atoms with Crippen LogP contribution in [0.15, 0.2) is 77.7 Å². The average molecular weight is 439 g/mol. The van der Waals surface area contributed by atoms with Crippen molar-refractivity contribution in [1.29, 1.82) is 0 Å². The van der Waals surface area contributed by atoms with E-state index in [0.29, 0.717) is 23.7 Å². The van der Waals surface area contributed by atoms with E-state index in [0.717, 1.165) is 10.5 Å². The fourth-order valence-corrected chi connectivity index (χ4v) is 3.60. The lowest BCUT2D eigenvalue weighted by molar-refractivity contribution is -0.115. The number of thioether (sulfide) groups is 1. The number of carbonyl (C=O) groups excluding carboxylic acids is 2. The number of rotatable bonds is 8. The van der Waals surface area contributed by atoms with Crippen LogP contribution >= 0.6 is 11.8 Å². The zero-order valence-corrected chi connectivity index (χ0v) is 18.0. The van der Waals surface area contributed by atoms with Crippen molar-refractivity contribution < 1.29 is 18.7 Å². The van der Waals surface area contributed by atoms with E-state index < -0.39 is 0 Å². The highest BCUT2D eigenvalue weighted by Gasteiger charge is 2.15. The molecule has 0 aliphatic rings. The highest BCUT2D eigenvalue weighted by atomic mass is 32.2. The van der Waals surface area contributed by atoms with Crippen molar-refractivity contribution in [3.63, 3.8) is 0 Å². The Bertz CT molecular complexity index is 1040. The van der Waals surface area contributed by atoms with Crippen LogP contribution in [-0.4, -0.2) is 17.1 Å². The van der Waals surface area contributed by atoms with Gasteiger partial charge in [-0.1, -0.05) is 18.2 Å². The maximum absolute atomic E-state index is 13.0. The number of hydrogen-bond donors (Lipinski definition) is 2. The predicted octanol–water partition coefficient (Wildman–Crippen LogP) is 5.48. The van der Waals surface area contributed by atoms with Crippen molar-refractivity contribution in [3.05, 3.63) is 84.2 Å². The van der Waals surface area contributed by atoms with Crippen LogP contribution in [0, 0.1) is 5.82 Å². The molecule has 3 aromatic rings. The smallest absolute Gasteiger partial charge is 0.237 e. The van der Waals surface area contributed by atoms with E-state index in [4.69, 9.17) is 4.74 Å². The molecule has 0 heterocycles. The van der Waals surface area contributed by atoms with Gasteiger partial charge < -0.3 is 15.4 Å². The topological polar surface area (TPSA) is 67.4 Å². The number of hydrogen-bond acceptors (Lipinski definition) is 4. The van der Waals surface area contributed by atoms with E-state index in [9.17, 15) is 14.0 Å². The summed E-state index contributed by atoms with van der Waals surface area (Å²) in [6, 6.07) is 20.6. The molecular formula is C24H23FN2O3S. The van der Waals surface area contributed by atoms with Crippen LogP contribution in [0.25, 0.3) is 0 Å². The van der Waals surface area contributed by atoms with E-state index in [2.05, 4.69) is 10.6 Å². The first-order valence-corrected chi connectivity index (χ1v) is 10.6. The van der Waals surface area contributed by atoms with Crippen molar-refractivity contribution in [3.8, 4) is 5.75 Å². The Morgan fingerprint density at radius 1 is 0.968 bits per heavy atom. The van der Waals surface area contributed by atoms with E-state index in [1.54, 1.807) is 48.5 Å². The molecule has 7 heteroatoms. The lowest BCUT2D eigenvalue weighted by Gasteiger charge is -2.13. The van der Waals surface area contributed by atoms with E-state index in [-0.39, 0.29) is 22.9 Å². The van der Waals surface area contributed by atoms with Gasteiger partial charge in [-0.05, 0) is 61.0 Å². The Morgan fingerprint density at radius 2 is 1.68 bits per heavy atom. The van der Waals surface area contributed by atoms with Crippen LogP contribution in [0.3, 0.4) is 0 Å². The molecule has 2 amide bonds. The van der Waals surface area contributed by atoms with Gasteiger partial charge in [0.15, 0.2) is 0 Å². The summed E-state index contributed by atoms with van der Waals surface area (Å²) in [5.74, 6) is 0.0590. The molecule has 3 rings (SSSR count). The minimum atomic E-state index is -0.324. The average Bonchev–Trinajstić information content (AvgIpc) is 2.74. The Hall–Kier alpha value is -3.32. The molecule has 0 fully saturated rings. The molecule has 1 atom stereocenters. The summed E-state index contributed by atoms with van der Waals surface area (Å²) in [5.41, 5.74) is 2.20. The highest BCUT2D eigenvalue weighted by Crippen LogP contribution is 2.26. The Labute approximate surface area is 185 Å². The van der Waals surface area contributed by atoms with Crippen LogP contribution in [0.5, 0.6) is 5.75 Å². The first-order chi connectivity index (χ1) is 14.9. The number of anilines is 2. The Morgan fingerprint density at radius 3 is 2.35 bits per heavy atom. The molecule has 0 aliphatic heterocycles. The molecule has 0 aromatic heterocycles. The van der Waals surface area contributed by atoms with Crippen LogP contribution in [0.2, 0.25) is 0 Å². The van der Waals surface area contributed by atoms with Gasteiger partial charge in [-0.25, -0.2) is 4.39 Å². The molecule has 0 spiro atoms. The molecule has 2 N–H and O–H groups in total. The standard InChI is InChI=1S/C24H23FN2O3S/c1-16(31-23-12-10-20(11-13-23)26-17(2)28)24(29)27-21-4-3-5-22(14-21)30-15-18-6-8-19(25)9-7-18/h3-14,16H,15H2,1-2H3,(H,26,28)(H,27,29). The van der Waals surface area contributed by atoms with Gasteiger partial charge in [0.05, 0.1) is 5.25 Å². The van der Waals surface area contributed by atoms with Gasteiger partial charge in [-0.2, -0.15) is 0 Å². The molecule has 160 valence electrons. The van der Waals surface area contributed by atoms with Crippen LogP contribution < -0.4 is 15.4 Å². The van der Waals surface area contributed by atoms with Gasteiger partial charge in [-0.3, -0.25) is 9.59 Å². The molecule has 3 aromatic carbocycles. The number of nitrogens with one attached hydrogen (secondary N) is 2. The van der Waals surface area contributed by atoms with Crippen molar-refractivity contribution >= 4 is 35.0 Å². The van der Waals surface area contributed by atoms with Gasteiger partial charge in [-0.15, -0.1) is 11.8 Å². The predicted molar refractivity (Wildman–Crippen MR) is 122 cm³/mol. The summed E-state index contributed by atoms with van der Waals surface area (Å²) >= 11 is 1.42. The monoisotopic (exact) mass is 438 g/mol. The number of ether oxygens (including phenoxy) is 1. The second-order valence-electron chi connectivity index (χ2n) is 6.90. The maximum atomic E-state index is 13.0. The summed E-state index contributed by atoms with van der Waals surface area (Å²) < 4.78 is 18.7. The van der Waals surface area contributed by atoms with Crippen molar-refractivity contribution in [2.45, 2.75) is 30.6 Å². The maximum Gasteiger partial charge on any atom is 0.237 e. The number of benzene rings is 3. The van der Waals surface area contributed by atoms with Gasteiger partial charge in [0, 0.05) is 29.3 Å². The van der Waals surface area contributed by atoms with E-state index in [1.165, 1.54) is 30.8 Å². The van der Waals surface area contributed by atoms with Crippen LogP contribution in [-0.2, 0) is 16.2 Å². The Balaban J connectivity index is 1.53. The molecule has 1 unspecified atom stereocenters. The van der Waals surface area contributed by atoms with Crippen molar-refractivity contribution in [1.82, 2.24) is 0 Å². The second-order valence-corrected chi connectivity index (χ2v) is 8.31. The molecular weight excluding hydrogens is 415 g/mol. The van der Waals surface area contributed by atoms with E-state index >= 15 is 0 Å². The molecule has 5 nitrogen and oxygen atoms in total. The summed E-state index contributed by atoms with van der Waals surface area (Å²) in [5, 5.41) is 5.29. The van der Waals surface area contributed by atoms with Gasteiger partial charge in [0.2, 0.25) is 11.8 Å². The lowest BCUT2D eigenvalue weighted by Crippen LogP contribution is -2.22. The lowest BCUT2D eigenvalue weighted by atomic mass is 10.2. The molecule has 0 aliphatic carbocycles. The number of carbonyl (C=O) groups is 2. The number of amides is 2. The third-order valence-electron chi connectivity index (χ3n) is 4.28. The fraction of sp³-hybridized carbons (Fsp3) is 0.167. The summed E-state index contributed by atoms with van der Waals surface area (Å²) in [7, 11) is 0. The first kappa shape index (κ1) is 22.4. The summed E-state index contributed by atoms with van der Waals surface area (Å²) in [6.07, 6.45) is 0. The van der Waals surface area contributed by atoms with Crippen molar-refractivity contribution in [2.75, 3.05) is 10.6 Å². The highest BCUT2D eigenvalue weighted by molar-refractivity contribution is 8.00. The SMILES string of the molecule is CC(=O)Nc1ccc(SC(C)C(=O)Nc2cccc(OCc3ccc(F)cc3)c2)cc1. The second kappa shape index (κ2) is 10.6. The van der Waals surface area contributed by atoms with Crippen molar-refractivity contribution in [2.24, 2.45) is 0 Å². The molecule has 0 saturated carbocycles. The Kier molecular flexibility index (Phi) is 7.67. The molecule has 0 saturated heterocycles. The zero-order chi connectivity index (χ0) is 22.2. The largest absolute Gasteiger partial charge is 0.489 e. The van der Waals surface area contributed by atoms with Gasteiger partial charge in [0.1, 0.15) is 18.2 Å². The third kappa shape index (κ3) is 7.15. The van der Waals surface area contributed by atoms with Crippen LogP contribution in [0.4, 0.5) is 15.8 Å². The van der Waals surface area contributed by atoms with Gasteiger partial charge >= 0.3 is 0 Å². The summed E-state index contributed by atoms with van der Waals surface area (Å²) in [4.78, 5) is 24.6. The third-order valence-corrected chi connectivity index (χ3v) is 5.39. The molecule has 31 heavy (non-hydrogen) atoms. The quantitative estimate of drug-likeness (QED) is 0.457. The fourth-order valence-electron chi connectivity index (χ4n) is 2.73. The van der Waals surface area contributed by atoms with Gasteiger partial charge in [0.25, 0.3) is 0 Å². The number of halogens is 1. The first-order valence-electron chi connectivity index (χ1n) is 9.71.